The number of hydrogen-bond acceptors (Lipinski definition) is 3. The van der Waals surface area contributed by atoms with E-state index in [-0.39, 0.29) is 11.9 Å². The normalized spacial score (nSPS) is 38.4. The molecule has 0 aromatic rings. The molecule has 1 heterocycles. The summed E-state index contributed by atoms with van der Waals surface area (Å²) in [5, 5.41) is 3.48. The van der Waals surface area contributed by atoms with Crippen LogP contribution in [0.3, 0.4) is 0 Å². The van der Waals surface area contributed by atoms with E-state index in [0.717, 1.165) is 13.0 Å². The fourth-order valence-corrected chi connectivity index (χ4v) is 2.81. The van der Waals surface area contributed by atoms with Gasteiger partial charge in [-0.3, -0.25) is 4.79 Å². The van der Waals surface area contributed by atoms with Crippen molar-refractivity contribution in [3.05, 3.63) is 0 Å². The number of esters is 1. The molecule has 2 rings (SSSR count). The van der Waals surface area contributed by atoms with E-state index in [9.17, 15) is 4.79 Å². The van der Waals surface area contributed by atoms with Crippen molar-refractivity contribution in [1.82, 2.24) is 5.32 Å². The molecule has 2 fully saturated rings. The Balaban J connectivity index is 2.05. The van der Waals surface area contributed by atoms with Crippen LogP contribution in [0, 0.1) is 11.8 Å². The third-order valence-corrected chi connectivity index (χ3v) is 3.45. The molecule has 0 aromatic heterocycles. The molecule has 3 atom stereocenters. The van der Waals surface area contributed by atoms with Crippen LogP contribution in [0.5, 0.6) is 0 Å². The summed E-state index contributed by atoms with van der Waals surface area (Å²) in [5.74, 6) is 0.707. The molecule has 13 heavy (non-hydrogen) atoms. The third kappa shape index (κ3) is 1.57. The van der Waals surface area contributed by atoms with Crippen LogP contribution >= 0.6 is 0 Å². The second kappa shape index (κ2) is 3.66. The zero-order valence-corrected chi connectivity index (χ0v) is 8.08. The first-order valence-electron chi connectivity index (χ1n) is 5.14. The first-order valence-corrected chi connectivity index (χ1v) is 5.14. The molecule has 0 amide bonds. The van der Waals surface area contributed by atoms with E-state index in [1.807, 2.05) is 0 Å². The highest BCUT2D eigenvalue weighted by molar-refractivity contribution is 5.73. The van der Waals surface area contributed by atoms with Crippen LogP contribution in [0.25, 0.3) is 0 Å². The minimum atomic E-state index is -0.00148. The average Bonchev–Trinajstić information content (AvgIpc) is 2.63. The molecule has 1 aliphatic heterocycles. The Morgan fingerprint density at radius 3 is 3.00 bits per heavy atom. The molecule has 0 radical (unpaired) electrons. The summed E-state index contributed by atoms with van der Waals surface area (Å²) in [5.41, 5.74) is 0. The molecule has 0 aromatic carbocycles. The summed E-state index contributed by atoms with van der Waals surface area (Å²) in [4.78, 5) is 11.5. The van der Waals surface area contributed by atoms with Crippen molar-refractivity contribution in [2.24, 2.45) is 11.8 Å². The van der Waals surface area contributed by atoms with Gasteiger partial charge in [0.05, 0.1) is 13.0 Å². The number of nitrogens with one attached hydrogen (secondary N) is 1. The average molecular weight is 183 g/mol. The summed E-state index contributed by atoms with van der Waals surface area (Å²) >= 11 is 0. The lowest BCUT2D eigenvalue weighted by molar-refractivity contribution is -0.148. The fraction of sp³-hybridized carbons (Fsp3) is 0.900. The number of ether oxygens (including phenoxy) is 1. The van der Waals surface area contributed by atoms with E-state index in [0.29, 0.717) is 12.0 Å². The van der Waals surface area contributed by atoms with Crippen molar-refractivity contribution in [1.29, 1.82) is 0 Å². The molecule has 1 unspecified atom stereocenters. The van der Waals surface area contributed by atoms with E-state index in [1.54, 1.807) is 0 Å². The summed E-state index contributed by atoms with van der Waals surface area (Å²) in [6, 6.07) is 0.581. The summed E-state index contributed by atoms with van der Waals surface area (Å²) in [7, 11) is 1.49. The zero-order valence-electron chi connectivity index (χ0n) is 8.08. The SMILES string of the molecule is COC(=O)C1CCN[C@@H]2CCC[C@H]12. The predicted octanol–water partition coefficient (Wildman–Crippen LogP) is 0.938. The molecule has 1 saturated heterocycles. The van der Waals surface area contributed by atoms with E-state index in [2.05, 4.69) is 5.32 Å². The number of carbonyl (C=O) groups is 1. The maximum absolute atomic E-state index is 11.5. The first kappa shape index (κ1) is 9.00. The van der Waals surface area contributed by atoms with Crippen LogP contribution in [-0.4, -0.2) is 25.7 Å². The van der Waals surface area contributed by atoms with Gasteiger partial charge in [0.2, 0.25) is 0 Å². The van der Waals surface area contributed by atoms with Crippen molar-refractivity contribution in [2.45, 2.75) is 31.7 Å². The lowest BCUT2D eigenvalue weighted by atomic mass is 9.82. The van der Waals surface area contributed by atoms with Gasteiger partial charge in [-0.25, -0.2) is 0 Å². The van der Waals surface area contributed by atoms with Crippen molar-refractivity contribution < 1.29 is 9.53 Å². The smallest absolute Gasteiger partial charge is 0.309 e. The van der Waals surface area contributed by atoms with Crippen LogP contribution in [0.15, 0.2) is 0 Å². The molecule has 1 aliphatic carbocycles. The first-order chi connectivity index (χ1) is 6.33. The number of piperidine rings is 1. The van der Waals surface area contributed by atoms with Crippen molar-refractivity contribution in [3.8, 4) is 0 Å². The molecule has 0 bridgehead atoms. The molecule has 1 saturated carbocycles. The van der Waals surface area contributed by atoms with E-state index < -0.39 is 0 Å². The number of carbonyl (C=O) groups excluding carboxylic acids is 1. The van der Waals surface area contributed by atoms with Crippen LogP contribution < -0.4 is 5.32 Å². The van der Waals surface area contributed by atoms with Gasteiger partial charge in [0.25, 0.3) is 0 Å². The Hall–Kier alpha value is -0.570. The van der Waals surface area contributed by atoms with Gasteiger partial charge in [0.15, 0.2) is 0 Å². The van der Waals surface area contributed by atoms with Crippen molar-refractivity contribution in [2.75, 3.05) is 13.7 Å². The molecule has 2 aliphatic rings. The highest BCUT2D eigenvalue weighted by Gasteiger charge is 2.40. The Kier molecular flexibility index (Phi) is 2.54. The number of rotatable bonds is 1. The van der Waals surface area contributed by atoms with Crippen molar-refractivity contribution >= 4 is 5.97 Å². The molecular weight excluding hydrogens is 166 g/mol. The molecule has 74 valence electrons. The lowest BCUT2D eigenvalue weighted by Gasteiger charge is -2.32. The molecule has 0 spiro atoms. The van der Waals surface area contributed by atoms with Crippen LogP contribution in [0.2, 0.25) is 0 Å². The highest BCUT2D eigenvalue weighted by atomic mass is 16.5. The number of methoxy groups -OCH3 is 1. The van der Waals surface area contributed by atoms with Crippen LogP contribution in [0.1, 0.15) is 25.7 Å². The van der Waals surface area contributed by atoms with Gasteiger partial charge < -0.3 is 10.1 Å². The van der Waals surface area contributed by atoms with Crippen molar-refractivity contribution in [3.63, 3.8) is 0 Å². The molecule has 1 N–H and O–H groups in total. The van der Waals surface area contributed by atoms with Gasteiger partial charge in [0, 0.05) is 6.04 Å². The standard InChI is InChI=1S/C10H17NO2/c1-13-10(12)8-5-6-11-9-4-2-3-7(8)9/h7-9,11H,2-6H2,1H3/t7-,8?,9-/m1/s1. The Morgan fingerprint density at radius 1 is 1.38 bits per heavy atom. The predicted molar refractivity (Wildman–Crippen MR) is 49.3 cm³/mol. The maximum atomic E-state index is 11.5. The monoisotopic (exact) mass is 183 g/mol. The Morgan fingerprint density at radius 2 is 2.23 bits per heavy atom. The Labute approximate surface area is 78.8 Å². The van der Waals surface area contributed by atoms with E-state index >= 15 is 0 Å². The summed E-state index contributed by atoms with van der Waals surface area (Å²) in [6.07, 6.45) is 4.64. The number of fused-ring (bicyclic) bond motifs is 1. The van der Waals surface area contributed by atoms with Gasteiger partial charge in [-0.15, -0.1) is 0 Å². The third-order valence-electron chi connectivity index (χ3n) is 3.45. The topological polar surface area (TPSA) is 38.3 Å². The fourth-order valence-electron chi connectivity index (χ4n) is 2.81. The summed E-state index contributed by atoms with van der Waals surface area (Å²) < 4.78 is 4.83. The van der Waals surface area contributed by atoms with Gasteiger partial charge in [-0.1, -0.05) is 6.42 Å². The highest BCUT2D eigenvalue weighted by Crippen LogP contribution is 2.36. The van der Waals surface area contributed by atoms with E-state index in [4.69, 9.17) is 4.74 Å². The van der Waals surface area contributed by atoms with Crippen LogP contribution in [-0.2, 0) is 9.53 Å². The van der Waals surface area contributed by atoms with E-state index in [1.165, 1.54) is 26.4 Å². The zero-order chi connectivity index (χ0) is 9.26. The molecule has 3 nitrogen and oxygen atoms in total. The summed E-state index contributed by atoms with van der Waals surface area (Å²) in [6.45, 7) is 0.973. The van der Waals surface area contributed by atoms with Gasteiger partial charge in [0.1, 0.15) is 0 Å². The van der Waals surface area contributed by atoms with Gasteiger partial charge in [-0.2, -0.15) is 0 Å². The Bertz CT molecular complexity index is 205. The second-order valence-electron chi connectivity index (χ2n) is 4.07. The lowest BCUT2D eigenvalue weighted by Crippen LogP contribution is -2.45. The minimum Gasteiger partial charge on any atom is -0.469 e. The van der Waals surface area contributed by atoms with Gasteiger partial charge >= 0.3 is 5.97 Å². The quantitative estimate of drug-likeness (QED) is 0.615. The van der Waals surface area contributed by atoms with Gasteiger partial charge in [-0.05, 0) is 31.7 Å². The number of hydrogen-bond donors (Lipinski definition) is 1. The minimum absolute atomic E-state index is 0.00148. The largest absolute Gasteiger partial charge is 0.469 e. The molecular formula is C10H17NO2. The molecule has 3 heteroatoms. The maximum Gasteiger partial charge on any atom is 0.309 e. The second-order valence-corrected chi connectivity index (χ2v) is 4.07. The van der Waals surface area contributed by atoms with Crippen LogP contribution in [0.4, 0.5) is 0 Å².